The Bertz CT molecular complexity index is 661. The molecule has 0 aliphatic rings. The average molecular weight is 356 g/mol. The first-order valence-corrected chi connectivity index (χ1v) is 6.77. The molecule has 0 atom stereocenters. The molecular weight excluding hydrogens is 348 g/mol. The Labute approximate surface area is 134 Å². The van der Waals surface area contributed by atoms with Crippen molar-refractivity contribution in [3.8, 4) is 16.9 Å². The van der Waals surface area contributed by atoms with E-state index < -0.39 is 11.7 Å². The molecule has 1 nitrogen and oxygen atoms in total. The van der Waals surface area contributed by atoms with E-state index >= 15 is 0 Å². The van der Waals surface area contributed by atoms with E-state index in [1.165, 1.54) is 25.3 Å². The summed E-state index contributed by atoms with van der Waals surface area (Å²) in [5.41, 5.74) is -0.125. The molecule has 0 N–H and O–H groups in total. The predicted octanol–water partition coefficient (Wildman–Crippen LogP) is 6.34. The van der Waals surface area contributed by atoms with Crippen molar-refractivity contribution >= 4 is 34.8 Å². The zero-order valence-corrected chi connectivity index (χ0v) is 12.8. The first-order chi connectivity index (χ1) is 9.72. The van der Waals surface area contributed by atoms with Crippen molar-refractivity contribution in [2.45, 2.75) is 6.18 Å². The van der Waals surface area contributed by atoms with E-state index in [0.717, 1.165) is 12.1 Å². The minimum Gasteiger partial charge on any atom is -0.497 e. The fraction of sp³-hybridized carbons (Fsp3) is 0.143. The fourth-order valence-electron chi connectivity index (χ4n) is 1.77. The molecule has 0 amide bonds. The SMILES string of the molecule is COc1cc(-c2cc(Cl)c(Cl)c(Cl)c2)cc(C(F)(F)F)c1. The number of alkyl halides is 3. The summed E-state index contributed by atoms with van der Waals surface area (Å²) in [7, 11) is 1.29. The van der Waals surface area contributed by atoms with Crippen molar-refractivity contribution in [3.05, 3.63) is 51.0 Å². The molecule has 2 rings (SSSR count). The van der Waals surface area contributed by atoms with Crippen LogP contribution in [0.3, 0.4) is 0 Å². The zero-order valence-electron chi connectivity index (χ0n) is 10.6. The molecule has 0 heterocycles. The minimum absolute atomic E-state index is 0.0852. The number of hydrogen-bond acceptors (Lipinski definition) is 1. The van der Waals surface area contributed by atoms with Gasteiger partial charge in [-0.3, -0.25) is 0 Å². The molecule has 2 aromatic rings. The van der Waals surface area contributed by atoms with Crippen LogP contribution in [0.15, 0.2) is 30.3 Å². The van der Waals surface area contributed by atoms with Crippen molar-refractivity contribution in [1.29, 1.82) is 0 Å². The number of rotatable bonds is 2. The number of halogens is 6. The van der Waals surface area contributed by atoms with Crippen LogP contribution in [0.4, 0.5) is 13.2 Å². The first-order valence-electron chi connectivity index (χ1n) is 5.63. The second-order valence-corrected chi connectivity index (χ2v) is 5.39. The van der Waals surface area contributed by atoms with Gasteiger partial charge in [0.1, 0.15) is 5.75 Å². The van der Waals surface area contributed by atoms with Crippen molar-refractivity contribution in [1.82, 2.24) is 0 Å². The molecule has 0 aliphatic carbocycles. The highest BCUT2D eigenvalue weighted by molar-refractivity contribution is 6.48. The molecule has 21 heavy (non-hydrogen) atoms. The van der Waals surface area contributed by atoms with Gasteiger partial charge in [-0.25, -0.2) is 0 Å². The van der Waals surface area contributed by atoms with Gasteiger partial charge in [-0.1, -0.05) is 34.8 Å². The molecule has 0 aromatic heterocycles. The molecule has 0 bridgehead atoms. The zero-order chi connectivity index (χ0) is 15.8. The predicted molar refractivity (Wildman–Crippen MR) is 78.5 cm³/mol. The Morgan fingerprint density at radius 2 is 1.38 bits per heavy atom. The summed E-state index contributed by atoms with van der Waals surface area (Å²) < 4.78 is 43.6. The van der Waals surface area contributed by atoms with Gasteiger partial charge in [-0.15, -0.1) is 0 Å². The molecule has 0 fully saturated rings. The second kappa shape index (κ2) is 5.95. The first kappa shape index (κ1) is 16.3. The van der Waals surface area contributed by atoms with Gasteiger partial charge >= 0.3 is 6.18 Å². The molecule has 112 valence electrons. The molecule has 7 heteroatoms. The maximum atomic E-state index is 12.9. The van der Waals surface area contributed by atoms with Crippen LogP contribution in [-0.4, -0.2) is 7.11 Å². The third-order valence-corrected chi connectivity index (χ3v) is 3.98. The normalized spacial score (nSPS) is 11.6. The maximum Gasteiger partial charge on any atom is 0.416 e. The highest BCUT2D eigenvalue weighted by Crippen LogP contribution is 2.39. The van der Waals surface area contributed by atoms with Crippen LogP contribution in [0.25, 0.3) is 11.1 Å². The number of hydrogen-bond donors (Lipinski definition) is 0. The lowest BCUT2D eigenvalue weighted by Crippen LogP contribution is -2.05. The van der Waals surface area contributed by atoms with Crippen LogP contribution in [0.1, 0.15) is 5.56 Å². The Morgan fingerprint density at radius 1 is 0.857 bits per heavy atom. The second-order valence-electron chi connectivity index (χ2n) is 4.20. The highest BCUT2D eigenvalue weighted by atomic mass is 35.5. The summed E-state index contributed by atoms with van der Waals surface area (Å²) >= 11 is 17.6. The van der Waals surface area contributed by atoms with Gasteiger partial charge in [0, 0.05) is 0 Å². The third kappa shape index (κ3) is 3.57. The molecule has 0 radical (unpaired) electrons. The molecule has 0 saturated heterocycles. The van der Waals surface area contributed by atoms with Gasteiger partial charge in [0.25, 0.3) is 0 Å². The average Bonchev–Trinajstić information content (AvgIpc) is 2.42. The molecule has 0 saturated carbocycles. The van der Waals surface area contributed by atoms with Gasteiger partial charge in [-0.05, 0) is 41.5 Å². The Balaban J connectivity index is 2.63. The van der Waals surface area contributed by atoms with Crippen molar-refractivity contribution in [2.24, 2.45) is 0 Å². The highest BCUT2D eigenvalue weighted by Gasteiger charge is 2.31. The van der Waals surface area contributed by atoms with E-state index in [1.807, 2.05) is 0 Å². The van der Waals surface area contributed by atoms with E-state index in [1.54, 1.807) is 0 Å². The summed E-state index contributed by atoms with van der Waals surface area (Å²) in [6.07, 6.45) is -4.48. The van der Waals surface area contributed by atoms with Crippen LogP contribution < -0.4 is 4.74 Å². The number of benzene rings is 2. The monoisotopic (exact) mass is 354 g/mol. The summed E-state index contributed by atoms with van der Waals surface area (Å²) in [5.74, 6) is 0.0852. The van der Waals surface area contributed by atoms with E-state index in [2.05, 4.69) is 0 Å². The van der Waals surface area contributed by atoms with Crippen LogP contribution in [0.2, 0.25) is 15.1 Å². The van der Waals surface area contributed by atoms with Crippen LogP contribution in [0.5, 0.6) is 5.75 Å². The summed E-state index contributed by atoms with van der Waals surface area (Å²) in [6.45, 7) is 0. The van der Waals surface area contributed by atoms with Crippen molar-refractivity contribution < 1.29 is 17.9 Å². The number of methoxy groups -OCH3 is 1. The lowest BCUT2D eigenvalue weighted by Gasteiger charge is -2.12. The summed E-state index contributed by atoms with van der Waals surface area (Å²) in [4.78, 5) is 0. The van der Waals surface area contributed by atoms with E-state index in [9.17, 15) is 13.2 Å². The lowest BCUT2D eigenvalue weighted by atomic mass is 10.0. The Kier molecular flexibility index (Phi) is 4.61. The van der Waals surface area contributed by atoms with Gasteiger partial charge in [0.15, 0.2) is 0 Å². The summed E-state index contributed by atoms with van der Waals surface area (Å²) in [5, 5.41) is 0.479. The van der Waals surface area contributed by atoms with E-state index in [-0.39, 0.29) is 26.4 Å². The fourth-order valence-corrected chi connectivity index (χ4v) is 2.37. The third-order valence-electron chi connectivity index (χ3n) is 2.79. The Morgan fingerprint density at radius 3 is 1.86 bits per heavy atom. The molecule has 2 aromatic carbocycles. The van der Waals surface area contributed by atoms with Crippen molar-refractivity contribution in [2.75, 3.05) is 7.11 Å². The van der Waals surface area contributed by atoms with E-state index in [4.69, 9.17) is 39.5 Å². The standard InChI is InChI=1S/C14H8Cl3F3O/c1-21-10-3-7(2-9(6-10)14(18,19)20)8-4-11(15)13(17)12(16)5-8/h2-6H,1H3. The minimum atomic E-state index is -4.48. The van der Waals surface area contributed by atoms with E-state index in [0.29, 0.717) is 5.56 Å². The van der Waals surface area contributed by atoms with Crippen molar-refractivity contribution in [3.63, 3.8) is 0 Å². The molecule has 0 unspecified atom stereocenters. The van der Waals surface area contributed by atoms with Crippen LogP contribution in [0, 0.1) is 0 Å². The smallest absolute Gasteiger partial charge is 0.416 e. The molecule has 0 aliphatic heterocycles. The van der Waals surface area contributed by atoms with Gasteiger partial charge in [0.2, 0.25) is 0 Å². The van der Waals surface area contributed by atoms with Crippen LogP contribution in [-0.2, 0) is 6.18 Å². The molecular formula is C14H8Cl3F3O. The largest absolute Gasteiger partial charge is 0.497 e. The number of ether oxygens (including phenoxy) is 1. The topological polar surface area (TPSA) is 9.23 Å². The maximum absolute atomic E-state index is 12.9. The van der Waals surface area contributed by atoms with Gasteiger partial charge in [-0.2, -0.15) is 13.2 Å². The quantitative estimate of drug-likeness (QED) is 0.571. The molecule has 0 spiro atoms. The van der Waals surface area contributed by atoms with Crippen LogP contribution >= 0.6 is 34.8 Å². The van der Waals surface area contributed by atoms with Gasteiger partial charge < -0.3 is 4.74 Å². The lowest BCUT2D eigenvalue weighted by molar-refractivity contribution is -0.137. The summed E-state index contributed by atoms with van der Waals surface area (Å²) in [6, 6.07) is 6.28. The van der Waals surface area contributed by atoms with Gasteiger partial charge in [0.05, 0.1) is 27.7 Å². The Hall–Kier alpha value is -1.10.